The molecule has 0 unspecified atom stereocenters. The Hall–Kier alpha value is 0.910. The summed E-state index contributed by atoms with van der Waals surface area (Å²) in [6.07, 6.45) is 0. The average Bonchev–Trinajstić information content (AvgIpc) is 1.88. The minimum absolute atomic E-state index is 0. The van der Waals surface area contributed by atoms with Crippen LogP contribution in [0.15, 0.2) is 0 Å². The summed E-state index contributed by atoms with van der Waals surface area (Å²) < 4.78 is 0. The van der Waals surface area contributed by atoms with Gasteiger partial charge in [0.2, 0.25) is 0 Å². The molecule has 0 aromatic heterocycles. The van der Waals surface area contributed by atoms with Gasteiger partial charge in [0.25, 0.3) is 0 Å². The lowest BCUT2D eigenvalue weighted by Gasteiger charge is -1.69. The Morgan fingerprint density at radius 2 is 1.00 bits per heavy atom. The molecule has 9 heavy (non-hydrogen) atoms. The third-order valence-electron chi connectivity index (χ3n) is 0.258. The quantitative estimate of drug-likeness (QED) is 0.470. The summed E-state index contributed by atoms with van der Waals surface area (Å²) in [5.74, 6) is 1.58. The maximum absolute atomic E-state index is 4.95. The fraction of sp³-hybridized carbons (Fsp3) is 1.00. The van der Waals surface area contributed by atoms with E-state index in [1.54, 1.807) is 0 Å². The Balaban J connectivity index is -0.0000000720. The molecule has 0 spiro atoms. The second-order valence-corrected chi connectivity index (χ2v) is 1.92. The van der Waals surface area contributed by atoms with Crippen molar-refractivity contribution in [3.05, 3.63) is 0 Å². The Labute approximate surface area is 74.0 Å². The van der Waals surface area contributed by atoms with E-state index in [-0.39, 0.29) is 12.4 Å². The lowest BCUT2D eigenvalue weighted by atomic mass is 10.8. The Bertz CT molecular complexity index is 24.5. The van der Waals surface area contributed by atoms with E-state index in [4.69, 9.17) is 11.5 Å². The van der Waals surface area contributed by atoms with Crippen LogP contribution in [0.5, 0.6) is 0 Å². The summed E-state index contributed by atoms with van der Waals surface area (Å²) in [5.41, 5.74) is 9.90. The van der Waals surface area contributed by atoms with Crippen molar-refractivity contribution in [3.8, 4) is 0 Å². The van der Waals surface area contributed by atoms with Crippen molar-refractivity contribution in [1.29, 1.82) is 0 Å². The van der Waals surface area contributed by atoms with Crippen molar-refractivity contribution in [2.24, 2.45) is 11.5 Å². The van der Waals surface area contributed by atoms with E-state index < -0.39 is 0 Å². The molecular weight excluding hydrogens is 176 g/mol. The van der Waals surface area contributed by atoms with Crippen LogP contribution in [0.25, 0.3) is 0 Å². The molecule has 0 atom stereocenters. The average molecular weight is 191 g/mol. The standard InChI is InChI=1S/2C2H7NS.ClH/c2*3-1-2-4;/h2*4H,1-3H2;1H. The fourth-order valence-electron chi connectivity index (χ4n) is 0. The number of rotatable bonds is 2. The van der Waals surface area contributed by atoms with Crippen molar-refractivity contribution in [1.82, 2.24) is 0 Å². The highest BCUT2D eigenvalue weighted by Crippen LogP contribution is 1.59. The van der Waals surface area contributed by atoms with Gasteiger partial charge in [-0.2, -0.15) is 25.3 Å². The van der Waals surface area contributed by atoms with Gasteiger partial charge >= 0.3 is 0 Å². The molecule has 0 heterocycles. The summed E-state index contributed by atoms with van der Waals surface area (Å²) in [6, 6.07) is 0. The zero-order valence-electron chi connectivity index (χ0n) is 5.29. The van der Waals surface area contributed by atoms with Crippen LogP contribution in [-0.4, -0.2) is 24.6 Å². The topological polar surface area (TPSA) is 52.0 Å². The van der Waals surface area contributed by atoms with E-state index in [2.05, 4.69) is 25.3 Å². The van der Waals surface area contributed by atoms with Crippen molar-refractivity contribution in [2.45, 2.75) is 0 Å². The first-order chi connectivity index (χ1) is 3.83. The van der Waals surface area contributed by atoms with Crippen LogP contribution in [-0.2, 0) is 0 Å². The highest BCUT2D eigenvalue weighted by atomic mass is 35.5. The molecular formula is C4H15ClN2S2. The van der Waals surface area contributed by atoms with Gasteiger partial charge in [-0.25, -0.2) is 0 Å². The molecule has 60 valence electrons. The third-order valence-corrected chi connectivity index (χ3v) is 0.775. The number of hydrogen-bond donors (Lipinski definition) is 4. The molecule has 0 aliphatic rings. The number of nitrogens with two attached hydrogens (primary N) is 2. The number of hydrogen-bond acceptors (Lipinski definition) is 4. The maximum atomic E-state index is 4.95. The third kappa shape index (κ3) is 50.2. The first-order valence-corrected chi connectivity index (χ1v) is 3.71. The van der Waals surface area contributed by atoms with E-state index in [0.29, 0.717) is 13.1 Å². The zero-order valence-corrected chi connectivity index (χ0v) is 7.89. The molecule has 2 nitrogen and oxygen atoms in total. The monoisotopic (exact) mass is 190 g/mol. The predicted molar refractivity (Wildman–Crippen MR) is 53.1 cm³/mol. The van der Waals surface area contributed by atoms with Gasteiger partial charge in [-0.1, -0.05) is 0 Å². The molecule has 4 N–H and O–H groups in total. The van der Waals surface area contributed by atoms with Crippen LogP contribution in [0.4, 0.5) is 0 Å². The molecule has 0 aromatic rings. The molecule has 0 fully saturated rings. The van der Waals surface area contributed by atoms with E-state index >= 15 is 0 Å². The van der Waals surface area contributed by atoms with E-state index in [0.717, 1.165) is 11.5 Å². The van der Waals surface area contributed by atoms with Gasteiger partial charge in [-0.15, -0.1) is 12.4 Å². The minimum Gasteiger partial charge on any atom is -0.330 e. The van der Waals surface area contributed by atoms with Crippen molar-refractivity contribution < 1.29 is 0 Å². The largest absolute Gasteiger partial charge is 0.330 e. The van der Waals surface area contributed by atoms with Gasteiger partial charge in [-0.05, 0) is 0 Å². The van der Waals surface area contributed by atoms with Gasteiger partial charge in [0.05, 0.1) is 0 Å². The van der Waals surface area contributed by atoms with Crippen LogP contribution >= 0.6 is 37.7 Å². The number of halogens is 1. The molecule has 5 heteroatoms. The Morgan fingerprint density at radius 3 is 1.00 bits per heavy atom. The fourth-order valence-corrected chi connectivity index (χ4v) is 0. The van der Waals surface area contributed by atoms with Crippen LogP contribution in [0.2, 0.25) is 0 Å². The molecule has 0 saturated carbocycles. The normalized spacial score (nSPS) is 6.67. The van der Waals surface area contributed by atoms with Crippen molar-refractivity contribution in [2.75, 3.05) is 24.6 Å². The SMILES string of the molecule is Cl.NCCS.NCCS. The second-order valence-electron chi connectivity index (χ2n) is 1.02. The molecule has 0 bridgehead atoms. The summed E-state index contributed by atoms with van der Waals surface area (Å²) in [4.78, 5) is 0. The Kier molecular flexibility index (Phi) is 42.3. The lowest BCUT2D eigenvalue weighted by Crippen LogP contribution is -1.97. The second kappa shape index (κ2) is 23.1. The molecule has 0 rings (SSSR count). The summed E-state index contributed by atoms with van der Waals surface area (Å²) in [5, 5.41) is 0. The van der Waals surface area contributed by atoms with Crippen LogP contribution in [0.1, 0.15) is 0 Å². The molecule has 0 amide bonds. The molecule has 0 aliphatic carbocycles. The van der Waals surface area contributed by atoms with E-state index in [1.165, 1.54) is 0 Å². The maximum Gasteiger partial charge on any atom is 0.00255 e. The molecule has 0 aromatic carbocycles. The molecule has 0 radical (unpaired) electrons. The van der Waals surface area contributed by atoms with Gasteiger partial charge in [0, 0.05) is 24.6 Å². The first kappa shape index (κ1) is 16.5. The zero-order chi connectivity index (χ0) is 6.83. The van der Waals surface area contributed by atoms with Gasteiger partial charge in [0.15, 0.2) is 0 Å². The summed E-state index contributed by atoms with van der Waals surface area (Å²) in [7, 11) is 0. The van der Waals surface area contributed by atoms with Crippen molar-refractivity contribution in [3.63, 3.8) is 0 Å². The van der Waals surface area contributed by atoms with Gasteiger partial charge in [-0.3, -0.25) is 0 Å². The number of thiol groups is 2. The first-order valence-electron chi connectivity index (χ1n) is 2.45. The van der Waals surface area contributed by atoms with Crippen LogP contribution in [0.3, 0.4) is 0 Å². The van der Waals surface area contributed by atoms with Gasteiger partial charge in [0.1, 0.15) is 0 Å². The highest BCUT2D eigenvalue weighted by Gasteiger charge is 1.56. The molecule has 0 aliphatic heterocycles. The van der Waals surface area contributed by atoms with Crippen molar-refractivity contribution >= 4 is 37.7 Å². The van der Waals surface area contributed by atoms with Crippen LogP contribution < -0.4 is 11.5 Å². The lowest BCUT2D eigenvalue weighted by molar-refractivity contribution is 1.16. The summed E-state index contributed by atoms with van der Waals surface area (Å²) in [6.45, 7) is 1.37. The summed E-state index contributed by atoms with van der Waals surface area (Å²) >= 11 is 7.59. The predicted octanol–water partition coefficient (Wildman–Crippen LogP) is 0.172. The Morgan fingerprint density at radius 1 is 0.889 bits per heavy atom. The van der Waals surface area contributed by atoms with Crippen LogP contribution in [0, 0.1) is 0 Å². The minimum atomic E-state index is 0. The highest BCUT2D eigenvalue weighted by molar-refractivity contribution is 7.80. The molecule has 0 saturated heterocycles. The smallest absolute Gasteiger partial charge is 0.00255 e. The van der Waals surface area contributed by atoms with E-state index in [9.17, 15) is 0 Å². The van der Waals surface area contributed by atoms with E-state index in [1.807, 2.05) is 0 Å². The van der Waals surface area contributed by atoms with Gasteiger partial charge < -0.3 is 11.5 Å².